The van der Waals surface area contributed by atoms with Crippen LogP contribution < -0.4 is 40.2 Å². The van der Waals surface area contributed by atoms with Gasteiger partial charge in [0.1, 0.15) is 18.8 Å². The largest absolute Gasteiger partial charge is 1.00 e. The van der Waals surface area contributed by atoms with Gasteiger partial charge < -0.3 is 43.4 Å². The van der Waals surface area contributed by atoms with E-state index in [4.69, 9.17) is 23.1 Å². The number of carboxylic acids is 1. The molecule has 0 radical (unpaired) electrons. The molecule has 40 heavy (non-hydrogen) atoms. The summed E-state index contributed by atoms with van der Waals surface area (Å²) in [5.74, 6) is -4.28. The van der Waals surface area contributed by atoms with E-state index in [1.54, 1.807) is 0 Å². The average molecular weight is 643 g/mol. The van der Waals surface area contributed by atoms with Crippen molar-refractivity contribution in [2.45, 2.75) is 58.7 Å². The molecule has 0 aromatic carbocycles. The number of hydrogen-bond acceptors (Lipinski definition) is 13. The second-order valence-corrected chi connectivity index (χ2v) is 13.8. The molecular weight excluding hydrogens is 599 g/mol. The standard InChI is InChI=1S/C22H44N2O12S2Si.Na/c1-5-34-39(35-6-2,36-7-3)12-8-10-23-13-18(25)14-33-20(26)9-11-37-15-17(4)21(27)24-19(22(28)29)16-38(30,31)32;/h17-19,23,25H,5-16H2,1-4H3,(H,24,27)(H,28,29)(H,30,31,32);/q;+1/p-1. The first-order valence-corrected chi connectivity index (χ1v) is 17.5. The second kappa shape index (κ2) is 23.2. The first-order valence-electron chi connectivity index (χ1n) is 12.8. The van der Waals surface area contributed by atoms with Crippen LogP contribution in [0.5, 0.6) is 0 Å². The Hall–Kier alpha value is -0.313. The Balaban J connectivity index is 0. The first kappa shape index (κ1) is 41.8. The third-order valence-corrected chi connectivity index (χ3v) is 10.1. The van der Waals surface area contributed by atoms with Gasteiger partial charge >= 0.3 is 50.3 Å². The number of carboxylic acid groups (broad SMARTS) is 1. The Morgan fingerprint density at radius 2 is 1.65 bits per heavy atom. The molecule has 4 N–H and O–H groups in total. The van der Waals surface area contributed by atoms with Crippen LogP contribution in [0.2, 0.25) is 6.04 Å². The van der Waals surface area contributed by atoms with Gasteiger partial charge in [-0.1, -0.05) is 6.92 Å². The van der Waals surface area contributed by atoms with Crippen molar-refractivity contribution in [2.24, 2.45) is 5.92 Å². The van der Waals surface area contributed by atoms with Crippen LogP contribution in [0.15, 0.2) is 0 Å². The van der Waals surface area contributed by atoms with Crippen molar-refractivity contribution in [3.8, 4) is 0 Å². The molecular formula is C22H43N2NaO12S2Si. The number of hydrogen-bond donors (Lipinski definition) is 4. The summed E-state index contributed by atoms with van der Waals surface area (Å²) in [6.45, 7) is 9.33. The number of aliphatic hydroxyl groups is 1. The minimum absolute atomic E-state index is 0. The summed E-state index contributed by atoms with van der Waals surface area (Å²) in [7, 11) is -7.54. The van der Waals surface area contributed by atoms with Crippen LogP contribution in [0.1, 0.15) is 40.5 Å². The van der Waals surface area contributed by atoms with Crippen LogP contribution in [0.4, 0.5) is 0 Å². The number of amides is 1. The van der Waals surface area contributed by atoms with Crippen molar-refractivity contribution < 1.29 is 85.1 Å². The Kier molecular flexibility index (Phi) is 24.2. The molecule has 0 aliphatic rings. The Bertz CT molecular complexity index is 824. The van der Waals surface area contributed by atoms with Crippen molar-refractivity contribution in [3.05, 3.63) is 0 Å². The van der Waals surface area contributed by atoms with Gasteiger partial charge in [-0.3, -0.25) is 9.59 Å². The van der Waals surface area contributed by atoms with Crippen molar-refractivity contribution in [1.29, 1.82) is 0 Å². The fraction of sp³-hybridized carbons (Fsp3) is 0.864. The molecule has 0 aliphatic carbocycles. The fourth-order valence-electron chi connectivity index (χ4n) is 3.20. The van der Waals surface area contributed by atoms with Crippen molar-refractivity contribution in [3.63, 3.8) is 0 Å². The zero-order chi connectivity index (χ0) is 29.9. The number of aliphatic hydroxyl groups excluding tert-OH is 1. The maximum Gasteiger partial charge on any atom is 1.00 e. The maximum atomic E-state index is 12.1. The van der Waals surface area contributed by atoms with E-state index in [2.05, 4.69) is 5.32 Å². The van der Waals surface area contributed by atoms with Crippen LogP contribution in [-0.4, -0.2) is 119 Å². The van der Waals surface area contributed by atoms with E-state index >= 15 is 0 Å². The molecule has 3 unspecified atom stereocenters. The number of aliphatic carboxylic acids is 1. The van der Waals surface area contributed by atoms with E-state index in [-0.39, 0.29) is 54.9 Å². The number of nitrogens with one attached hydrogen (secondary N) is 2. The monoisotopic (exact) mass is 642 g/mol. The van der Waals surface area contributed by atoms with Gasteiger partial charge in [0.05, 0.1) is 22.3 Å². The molecule has 0 saturated heterocycles. The molecule has 0 rings (SSSR count). The third-order valence-electron chi connectivity index (χ3n) is 5.00. The van der Waals surface area contributed by atoms with Gasteiger partial charge in [0.25, 0.3) is 0 Å². The minimum Gasteiger partial charge on any atom is -0.748 e. The smallest absolute Gasteiger partial charge is 0.748 e. The molecule has 0 spiro atoms. The maximum absolute atomic E-state index is 12.1. The molecule has 0 aliphatic heterocycles. The van der Waals surface area contributed by atoms with Crippen molar-refractivity contribution >= 4 is 48.5 Å². The summed E-state index contributed by atoms with van der Waals surface area (Å²) in [6, 6.07) is -1.19. The number of esters is 1. The molecule has 0 aromatic heterocycles. The van der Waals surface area contributed by atoms with Crippen LogP contribution in [-0.2, 0) is 42.5 Å². The molecule has 0 fully saturated rings. The van der Waals surface area contributed by atoms with Crippen molar-refractivity contribution in [1.82, 2.24) is 10.6 Å². The van der Waals surface area contributed by atoms with Crippen LogP contribution >= 0.6 is 11.8 Å². The first-order chi connectivity index (χ1) is 18.3. The van der Waals surface area contributed by atoms with Gasteiger partial charge in [-0.05, 0) is 33.7 Å². The van der Waals surface area contributed by atoms with Crippen LogP contribution in [0, 0.1) is 5.92 Å². The Labute approximate surface area is 264 Å². The number of thioether (sulfide) groups is 1. The van der Waals surface area contributed by atoms with Gasteiger partial charge in [-0.2, -0.15) is 11.8 Å². The Morgan fingerprint density at radius 3 is 2.15 bits per heavy atom. The molecule has 0 saturated carbocycles. The second-order valence-electron chi connectivity index (χ2n) is 8.48. The summed E-state index contributed by atoms with van der Waals surface area (Å²) in [4.78, 5) is 35.1. The molecule has 14 nitrogen and oxygen atoms in total. The van der Waals surface area contributed by atoms with Gasteiger partial charge in [0.15, 0.2) is 0 Å². The summed E-state index contributed by atoms with van der Waals surface area (Å²) in [5, 5.41) is 24.2. The van der Waals surface area contributed by atoms with Crippen LogP contribution in [0.3, 0.4) is 0 Å². The quantitative estimate of drug-likeness (QED) is 0.0354. The molecule has 1 amide bonds. The van der Waals surface area contributed by atoms with E-state index in [1.165, 1.54) is 18.7 Å². The number of carbonyl (C=O) groups is 3. The summed E-state index contributed by atoms with van der Waals surface area (Å²) < 4.78 is 54.8. The van der Waals surface area contributed by atoms with E-state index in [9.17, 15) is 32.5 Å². The van der Waals surface area contributed by atoms with Gasteiger partial charge in [0, 0.05) is 49.8 Å². The average Bonchev–Trinajstić information content (AvgIpc) is 2.84. The molecule has 230 valence electrons. The summed E-state index contributed by atoms with van der Waals surface area (Å²) >= 11 is 1.24. The number of rotatable bonds is 24. The molecule has 0 heterocycles. The zero-order valence-corrected chi connectivity index (χ0v) is 28.6. The topological polar surface area (TPSA) is 210 Å². The van der Waals surface area contributed by atoms with Gasteiger partial charge in [-0.25, -0.2) is 13.2 Å². The fourth-order valence-corrected chi connectivity index (χ4v) is 7.43. The number of carbonyl (C=O) groups excluding carboxylic acids is 2. The van der Waals surface area contributed by atoms with E-state index < -0.39 is 60.6 Å². The molecule has 18 heteroatoms. The van der Waals surface area contributed by atoms with Gasteiger partial charge in [0.2, 0.25) is 5.91 Å². The molecule has 0 bridgehead atoms. The van der Waals surface area contributed by atoms with E-state index in [1.807, 2.05) is 26.1 Å². The summed E-state index contributed by atoms with van der Waals surface area (Å²) in [6.07, 6.45) is -0.135. The molecule has 3 atom stereocenters. The predicted octanol–water partition coefficient (Wildman–Crippen LogP) is -3.20. The van der Waals surface area contributed by atoms with Crippen LogP contribution in [0.25, 0.3) is 0 Å². The van der Waals surface area contributed by atoms with Crippen molar-refractivity contribution in [2.75, 3.05) is 56.8 Å². The van der Waals surface area contributed by atoms with E-state index in [0.717, 1.165) is 6.42 Å². The SMILES string of the molecule is CCO[Si](CCCNCC(O)COC(=O)CCSCC(C)C(=O)NC(CS(=O)(=O)[O-])C(=O)O)(OCC)OCC.[Na+]. The predicted molar refractivity (Wildman–Crippen MR) is 145 cm³/mol. The third kappa shape index (κ3) is 20.5. The normalized spacial score (nSPS) is 14.1. The zero-order valence-electron chi connectivity index (χ0n) is 24.0. The minimum atomic E-state index is -4.84. The summed E-state index contributed by atoms with van der Waals surface area (Å²) in [5.41, 5.74) is 0. The molecule has 0 aromatic rings. The Morgan fingerprint density at radius 1 is 1.07 bits per heavy atom. The number of ether oxygens (including phenoxy) is 1. The van der Waals surface area contributed by atoms with E-state index in [0.29, 0.717) is 38.2 Å². The van der Waals surface area contributed by atoms with Gasteiger partial charge in [-0.15, -0.1) is 0 Å².